The molecule has 2 nitrogen and oxygen atoms in total. The minimum absolute atomic E-state index is 0.577. The van der Waals surface area contributed by atoms with Crippen LogP contribution in [0.4, 0.5) is 0 Å². The Balaban J connectivity index is 1.86. The minimum atomic E-state index is -3.35. The lowest BCUT2D eigenvalue weighted by Gasteiger charge is -2.22. The summed E-state index contributed by atoms with van der Waals surface area (Å²) in [5.74, 6) is 0.577. The maximum absolute atomic E-state index is 14.3. The molecule has 0 spiro atoms. The van der Waals surface area contributed by atoms with E-state index in [-0.39, 0.29) is 0 Å². The van der Waals surface area contributed by atoms with Gasteiger partial charge in [-0.25, -0.2) is 0 Å². The summed E-state index contributed by atoms with van der Waals surface area (Å²) in [6.45, 7) is 0. The van der Waals surface area contributed by atoms with Crippen molar-refractivity contribution >= 4 is 29.8 Å². The van der Waals surface area contributed by atoms with Crippen molar-refractivity contribution in [3.63, 3.8) is 0 Å². The topological polar surface area (TPSA) is 26.3 Å². The van der Waals surface area contributed by atoms with Gasteiger partial charge in [0.25, 0.3) is 0 Å². The molecule has 142 valence electrons. The van der Waals surface area contributed by atoms with E-state index in [1.807, 2.05) is 127 Å². The fourth-order valence-corrected chi connectivity index (χ4v) is 5.18. The first-order chi connectivity index (χ1) is 14.3. The fraction of sp³-hybridized carbons (Fsp3) is 0. The van der Waals surface area contributed by atoms with E-state index in [0.29, 0.717) is 16.4 Å². The van der Waals surface area contributed by atoms with Crippen LogP contribution in [-0.4, -0.2) is 0 Å². The van der Waals surface area contributed by atoms with E-state index in [0.717, 1.165) is 11.1 Å². The van der Waals surface area contributed by atoms with Gasteiger partial charge in [-0.1, -0.05) is 97.1 Å². The fourth-order valence-electron chi connectivity index (χ4n) is 3.11. The molecule has 0 heterocycles. The van der Waals surface area contributed by atoms with Crippen molar-refractivity contribution in [1.29, 1.82) is 0 Å². The summed E-state index contributed by atoms with van der Waals surface area (Å²) in [5, 5.41) is 1.34. The van der Waals surface area contributed by atoms with Crippen LogP contribution in [0.1, 0.15) is 11.1 Å². The minimum Gasteiger partial charge on any atom is -0.436 e. The van der Waals surface area contributed by atoms with Gasteiger partial charge in [-0.15, -0.1) is 0 Å². The van der Waals surface area contributed by atoms with E-state index in [1.54, 1.807) is 0 Å². The van der Waals surface area contributed by atoms with Gasteiger partial charge in [-0.2, -0.15) is 0 Å². The molecule has 0 radical (unpaired) electrons. The van der Waals surface area contributed by atoms with Crippen LogP contribution >= 0.6 is 7.37 Å². The SMILES string of the molecule is O=P(O/C(=C/c1ccccc1)c1ccccc1)(c1ccccc1)c1ccccc1. The Morgan fingerprint density at radius 2 is 1.00 bits per heavy atom. The van der Waals surface area contributed by atoms with Gasteiger partial charge in [0.1, 0.15) is 5.76 Å². The summed E-state index contributed by atoms with van der Waals surface area (Å²) in [6, 6.07) is 38.5. The number of hydrogen-bond acceptors (Lipinski definition) is 2. The molecule has 29 heavy (non-hydrogen) atoms. The maximum atomic E-state index is 14.3. The van der Waals surface area contributed by atoms with E-state index in [2.05, 4.69) is 0 Å². The van der Waals surface area contributed by atoms with E-state index in [4.69, 9.17) is 4.52 Å². The Hall–Kier alpha value is -3.35. The van der Waals surface area contributed by atoms with Gasteiger partial charge >= 0.3 is 7.37 Å². The highest BCUT2D eigenvalue weighted by molar-refractivity contribution is 7.74. The zero-order valence-electron chi connectivity index (χ0n) is 15.9. The molecule has 0 bridgehead atoms. The number of rotatable bonds is 6. The molecule has 4 aromatic carbocycles. The quantitative estimate of drug-likeness (QED) is 0.223. The molecule has 0 fully saturated rings. The van der Waals surface area contributed by atoms with Crippen molar-refractivity contribution in [2.45, 2.75) is 0 Å². The van der Waals surface area contributed by atoms with Crippen LogP contribution < -0.4 is 10.6 Å². The molecule has 4 rings (SSSR count). The second kappa shape index (κ2) is 8.77. The Labute approximate surface area is 171 Å². The lowest BCUT2D eigenvalue weighted by Crippen LogP contribution is -2.17. The predicted octanol–water partition coefficient (Wildman–Crippen LogP) is 6.13. The molecule has 0 amide bonds. The molecule has 0 N–H and O–H groups in total. The van der Waals surface area contributed by atoms with Crippen LogP contribution in [0.2, 0.25) is 0 Å². The zero-order chi connectivity index (χ0) is 19.9. The summed E-state index contributed by atoms with van der Waals surface area (Å²) < 4.78 is 20.7. The molecule has 0 aliphatic rings. The largest absolute Gasteiger partial charge is 0.436 e. The molecule has 0 atom stereocenters. The van der Waals surface area contributed by atoms with Crippen molar-refractivity contribution in [2.75, 3.05) is 0 Å². The number of benzene rings is 4. The van der Waals surface area contributed by atoms with E-state index in [9.17, 15) is 4.57 Å². The van der Waals surface area contributed by atoms with E-state index >= 15 is 0 Å². The van der Waals surface area contributed by atoms with Crippen molar-refractivity contribution in [2.24, 2.45) is 0 Å². The monoisotopic (exact) mass is 396 g/mol. The van der Waals surface area contributed by atoms with Crippen molar-refractivity contribution in [3.05, 3.63) is 132 Å². The van der Waals surface area contributed by atoms with Crippen LogP contribution in [0.5, 0.6) is 0 Å². The predicted molar refractivity (Wildman–Crippen MR) is 122 cm³/mol. The van der Waals surface area contributed by atoms with Gasteiger partial charge < -0.3 is 4.52 Å². The maximum Gasteiger partial charge on any atom is 0.306 e. The first-order valence-electron chi connectivity index (χ1n) is 9.49. The lowest BCUT2D eigenvalue weighted by molar-refractivity contribution is 0.482. The standard InChI is InChI=1S/C26H21O2P/c27-29(24-17-9-3-10-18-24,25-19-11-4-12-20-25)28-26(23-15-7-2-8-16-23)21-22-13-5-1-6-14-22/h1-21H/b26-21+. The first-order valence-corrected chi connectivity index (χ1v) is 11.1. The average Bonchev–Trinajstić information content (AvgIpc) is 2.81. The lowest BCUT2D eigenvalue weighted by atomic mass is 10.1. The molecule has 0 unspecified atom stereocenters. The third kappa shape index (κ3) is 4.39. The summed E-state index contributed by atoms with van der Waals surface area (Å²) in [6.07, 6.45) is 1.94. The molecule has 4 aromatic rings. The van der Waals surface area contributed by atoms with Gasteiger partial charge in [-0.3, -0.25) is 4.57 Å². The van der Waals surface area contributed by atoms with Gasteiger partial charge in [0.2, 0.25) is 0 Å². The number of hydrogen-bond donors (Lipinski definition) is 0. The van der Waals surface area contributed by atoms with E-state index in [1.165, 1.54) is 0 Å². The molecule has 0 saturated carbocycles. The van der Waals surface area contributed by atoms with Crippen LogP contribution in [-0.2, 0) is 9.09 Å². The van der Waals surface area contributed by atoms with Crippen LogP contribution in [0.25, 0.3) is 11.8 Å². The molecule has 0 aliphatic carbocycles. The van der Waals surface area contributed by atoms with Gasteiger partial charge in [0.05, 0.1) is 10.6 Å². The smallest absolute Gasteiger partial charge is 0.306 e. The summed E-state index contributed by atoms with van der Waals surface area (Å²) in [4.78, 5) is 0. The average molecular weight is 396 g/mol. The Bertz CT molecular complexity index is 1080. The van der Waals surface area contributed by atoms with Gasteiger partial charge in [0, 0.05) is 5.56 Å². The molecule has 0 aromatic heterocycles. The second-order valence-corrected chi connectivity index (χ2v) is 8.92. The van der Waals surface area contributed by atoms with E-state index < -0.39 is 7.37 Å². The Kier molecular flexibility index (Phi) is 5.74. The first kappa shape index (κ1) is 19.0. The van der Waals surface area contributed by atoms with Gasteiger partial charge in [-0.05, 0) is 35.9 Å². The normalized spacial score (nSPS) is 11.8. The zero-order valence-corrected chi connectivity index (χ0v) is 16.8. The highest BCUT2D eigenvalue weighted by atomic mass is 31.2. The van der Waals surface area contributed by atoms with Crippen molar-refractivity contribution in [3.8, 4) is 0 Å². The van der Waals surface area contributed by atoms with Crippen LogP contribution in [0, 0.1) is 0 Å². The highest BCUT2D eigenvalue weighted by Gasteiger charge is 2.31. The summed E-state index contributed by atoms with van der Waals surface area (Å²) in [5.41, 5.74) is 1.86. The van der Waals surface area contributed by atoms with Gasteiger partial charge in [0.15, 0.2) is 0 Å². The Morgan fingerprint density at radius 1 is 0.586 bits per heavy atom. The highest BCUT2D eigenvalue weighted by Crippen LogP contribution is 2.49. The molecule has 0 aliphatic heterocycles. The van der Waals surface area contributed by atoms with Crippen LogP contribution in [0.15, 0.2) is 121 Å². The summed E-state index contributed by atoms with van der Waals surface area (Å²) in [7, 11) is -3.35. The Morgan fingerprint density at radius 3 is 1.48 bits per heavy atom. The molecule has 3 heteroatoms. The molecular weight excluding hydrogens is 375 g/mol. The third-order valence-electron chi connectivity index (χ3n) is 4.57. The van der Waals surface area contributed by atoms with Crippen LogP contribution in [0.3, 0.4) is 0 Å². The van der Waals surface area contributed by atoms with Crippen molar-refractivity contribution in [1.82, 2.24) is 0 Å². The summed E-state index contributed by atoms with van der Waals surface area (Å²) >= 11 is 0. The molecule has 0 saturated heterocycles. The molecular formula is C26H21O2P. The third-order valence-corrected chi connectivity index (χ3v) is 6.98. The second-order valence-electron chi connectivity index (χ2n) is 6.60. The van der Waals surface area contributed by atoms with Crippen molar-refractivity contribution < 1.29 is 9.09 Å².